The number of aliphatic imine (C=N–C) groups is 3. The lowest BCUT2D eigenvalue weighted by atomic mass is 10.1. The fourth-order valence-corrected chi connectivity index (χ4v) is 3.63. The number of allylic oxidation sites excluding steroid dienone is 5. The molecule has 1 aromatic rings. The van der Waals surface area contributed by atoms with Gasteiger partial charge in [-0.05, 0) is 62.1 Å². The number of hydrogen-bond donors (Lipinski definition) is 4. The maximum Gasteiger partial charge on any atom is 0.433 e. The number of likely N-dealkylation sites (N-methyl/N-ethyl adjacent to an activating group) is 1. The molecule has 204 valence electrons. The van der Waals surface area contributed by atoms with Crippen molar-refractivity contribution in [1.82, 2.24) is 5.32 Å². The smallest absolute Gasteiger partial charge is 0.378 e. The van der Waals surface area contributed by atoms with Gasteiger partial charge in [0.05, 0.1) is 12.3 Å². The van der Waals surface area contributed by atoms with Gasteiger partial charge in [-0.25, -0.2) is 9.98 Å². The van der Waals surface area contributed by atoms with Crippen LogP contribution in [0.4, 0.5) is 18.9 Å². The molecule has 14 heteroatoms. The van der Waals surface area contributed by atoms with Crippen LogP contribution in [-0.4, -0.2) is 67.1 Å². The average molecular weight is 552 g/mol. The van der Waals surface area contributed by atoms with Crippen molar-refractivity contribution in [3.05, 3.63) is 64.1 Å². The number of hydrogen-bond acceptors (Lipinski definition) is 9. The molecular weight excluding hydrogens is 524 g/mol. The third-order valence-corrected chi connectivity index (χ3v) is 5.65. The van der Waals surface area contributed by atoms with Crippen molar-refractivity contribution < 1.29 is 32.3 Å². The van der Waals surface area contributed by atoms with Gasteiger partial charge in [0.1, 0.15) is 11.4 Å². The van der Waals surface area contributed by atoms with Crippen LogP contribution in [0, 0.1) is 12.3 Å². The maximum atomic E-state index is 13.0. The largest absolute Gasteiger partial charge is 0.433 e. The van der Waals surface area contributed by atoms with E-state index >= 15 is 0 Å². The lowest BCUT2D eigenvalue weighted by Gasteiger charge is -2.22. The Bertz CT molecular complexity index is 1220. The molecule has 38 heavy (non-hydrogen) atoms. The van der Waals surface area contributed by atoms with Crippen molar-refractivity contribution in [2.75, 3.05) is 25.1 Å². The monoisotopic (exact) mass is 552 g/mol. The molecule has 0 fully saturated rings. The predicted molar refractivity (Wildman–Crippen MR) is 143 cm³/mol. The van der Waals surface area contributed by atoms with Crippen molar-refractivity contribution in [2.45, 2.75) is 26.4 Å². The van der Waals surface area contributed by atoms with Gasteiger partial charge in [0.15, 0.2) is 5.84 Å². The van der Waals surface area contributed by atoms with Crippen molar-refractivity contribution in [3.63, 3.8) is 0 Å². The van der Waals surface area contributed by atoms with Crippen LogP contribution >= 0.6 is 8.60 Å². The van der Waals surface area contributed by atoms with Crippen molar-refractivity contribution in [2.24, 2.45) is 15.0 Å². The minimum absolute atomic E-state index is 0.0608. The topological polar surface area (TPSA) is 143 Å². The minimum Gasteiger partial charge on any atom is -0.378 e. The number of carbonyl (C=O) groups excluding carboxylic acids is 1. The number of aryl methyl sites for hydroxylation is 1. The molecule has 0 saturated heterocycles. The number of carbonyl (C=O) groups is 1. The molecule has 2 rings (SSSR count). The summed E-state index contributed by atoms with van der Waals surface area (Å²) in [6.45, 7) is 6.31. The Morgan fingerprint density at radius 3 is 2.68 bits per heavy atom. The van der Waals surface area contributed by atoms with E-state index in [0.29, 0.717) is 28.3 Å². The number of anilines is 1. The van der Waals surface area contributed by atoms with Gasteiger partial charge in [-0.15, -0.1) is 0 Å². The Morgan fingerprint density at radius 1 is 1.39 bits per heavy atom. The van der Waals surface area contributed by atoms with Gasteiger partial charge in [-0.3, -0.25) is 9.79 Å². The molecule has 1 aliphatic heterocycles. The SMILES string of the molecule is C=N/C(=C\C(C)=C1/CC=NC(c2ccc(N(C)C(=O)/C(=C/C=N)NCCOP(O)O)c(C)c2)=N1)C(F)(F)F. The first-order valence-electron chi connectivity index (χ1n) is 11.1. The molecule has 10 nitrogen and oxygen atoms in total. The lowest BCUT2D eigenvalue weighted by molar-refractivity contribution is -0.115. The summed E-state index contributed by atoms with van der Waals surface area (Å²) >= 11 is 0. The van der Waals surface area contributed by atoms with Crippen LogP contribution in [0.2, 0.25) is 0 Å². The zero-order valence-corrected chi connectivity index (χ0v) is 21.8. The molecule has 0 unspecified atom stereocenters. The molecule has 4 N–H and O–H groups in total. The van der Waals surface area contributed by atoms with Crippen molar-refractivity contribution in [3.8, 4) is 0 Å². The molecular formula is C24H28F3N6O4P. The van der Waals surface area contributed by atoms with E-state index in [1.807, 2.05) is 0 Å². The van der Waals surface area contributed by atoms with E-state index in [-0.39, 0.29) is 30.8 Å². The first-order chi connectivity index (χ1) is 17.9. The highest BCUT2D eigenvalue weighted by atomic mass is 31.2. The quantitative estimate of drug-likeness (QED) is 0.142. The Morgan fingerprint density at radius 2 is 2.11 bits per heavy atom. The molecule has 1 aromatic carbocycles. The van der Waals surface area contributed by atoms with Crippen LogP contribution in [0.3, 0.4) is 0 Å². The highest BCUT2D eigenvalue weighted by Gasteiger charge is 2.33. The number of nitrogens with zero attached hydrogens (tertiary/aromatic N) is 4. The fourth-order valence-electron chi connectivity index (χ4n) is 3.38. The van der Waals surface area contributed by atoms with Gasteiger partial charge in [0.2, 0.25) is 0 Å². The Labute approximate surface area is 219 Å². The summed E-state index contributed by atoms with van der Waals surface area (Å²) in [6, 6.07) is 5.13. The molecule has 0 saturated carbocycles. The standard InChI is InChI=1S/C24H28F3N6O4P/c1-15(14-21(29-3)24(25,26)27)18-8-10-31-22(32-18)17-5-6-20(16(2)13-17)33(4)23(34)19(7-9-28)30-11-12-37-38(35)36/h5-7,9-10,13-14,28,30,35-36H,3,8,11-12H2,1-2,4H3/b18-15+,19-7-,21-14-,28-9?. The zero-order valence-electron chi connectivity index (χ0n) is 21.0. The zero-order chi connectivity index (χ0) is 28.5. The van der Waals surface area contributed by atoms with Gasteiger partial charge in [-0.2, -0.15) is 13.2 Å². The van der Waals surface area contributed by atoms with Gasteiger partial charge >= 0.3 is 14.8 Å². The van der Waals surface area contributed by atoms with Gasteiger partial charge in [-0.1, -0.05) is 0 Å². The molecule has 0 radical (unpaired) electrons. The third-order valence-electron chi connectivity index (χ3n) is 5.23. The number of benzene rings is 1. The number of rotatable bonds is 11. The van der Waals surface area contributed by atoms with E-state index in [1.54, 1.807) is 38.4 Å². The van der Waals surface area contributed by atoms with E-state index in [4.69, 9.17) is 15.2 Å². The lowest BCUT2D eigenvalue weighted by Crippen LogP contribution is -2.35. The second-order valence-corrected chi connectivity index (χ2v) is 8.66. The molecule has 0 aliphatic carbocycles. The summed E-state index contributed by atoms with van der Waals surface area (Å²) in [6.07, 6.45) is 0.286. The van der Waals surface area contributed by atoms with Gasteiger partial charge in [0, 0.05) is 43.7 Å². The summed E-state index contributed by atoms with van der Waals surface area (Å²) in [5.74, 6) is -0.141. The van der Waals surface area contributed by atoms with E-state index in [2.05, 4.69) is 31.5 Å². The number of amidine groups is 1. The van der Waals surface area contributed by atoms with Crippen molar-refractivity contribution >= 4 is 45.2 Å². The Hall–Kier alpha value is -3.51. The summed E-state index contributed by atoms with van der Waals surface area (Å²) in [5, 5.41) is 10.1. The molecule has 0 atom stereocenters. The Kier molecular flexibility index (Phi) is 11.2. The van der Waals surface area contributed by atoms with E-state index in [1.165, 1.54) is 17.9 Å². The van der Waals surface area contributed by atoms with Crippen LogP contribution in [0.25, 0.3) is 0 Å². The number of nitrogens with one attached hydrogen (secondary N) is 2. The molecule has 0 aromatic heterocycles. The van der Waals surface area contributed by atoms with E-state index < -0.39 is 26.4 Å². The average Bonchev–Trinajstić information content (AvgIpc) is 2.87. The highest BCUT2D eigenvalue weighted by molar-refractivity contribution is 7.39. The molecule has 1 aliphatic rings. The number of halogens is 3. The fraction of sp³-hybridized carbons (Fsp3) is 0.292. The van der Waals surface area contributed by atoms with Crippen LogP contribution in [-0.2, 0) is 9.32 Å². The second kappa shape index (κ2) is 13.9. The minimum atomic E-state index is -4.63. The summed E-state index contributed by atoms with van der Waals surface area (Å²) in [5.41, 5.74) is 1.53. The predicted octanol–water partition coefficient (Wildman–Crippen LogP) is 3.95. The van der Waals surface area contributed by atoms with Crippen LogP contribution < -0.4 is 10.2 Å². The first kappa shape index (κ1) is 30.7. The third kappa shape index (κ3) is 8.52. The normalized spacial score (nSPS) is 15.8. The highest BCUT2D eigenvalue weighted by Crippen LogP contribution is 2.29. The molecule has 1 heterocycles. The maximum absolute atomic E-state index is 13.0. The van der Waals surface area contributed by atoms with E-state index in [9.17, 15) is 18.0 Å². The van der Waals surface area contributed by atoms with Crippen LogP contribution in [0.5, 0.6) is 0 Å². The Balaban J connectivity index is 2.29. The van der Waals surface area contributed by atoms with Crippen LogP contribution in [0.15, 0.2) is 68.0 Å². The second-order valence-electron chi connectivity index (χ2n) is 7.89. The summed E-state index contributed by atoms with van der Waals surface area (Å²) in [7, 11) is -0.954. The van der Waals surface area contributed by atoms with Gasteiger partial charge < -0.3 is 29.9 Å². The molecule has 0 spiro atoms. The van der Waals surface area contributed by atoms with E-state index in [0.717, 1.165) is 12.3 Å². The van der Waals surface area contributed by atoms with Crippen molar-refractivity contribution in [1.29, 1.82) is 5.41 Å². The number of amides is 1. The van der Waals surface area contributed by atoms with Crippen LogP contribution in [0.1, 0.15) is 24.5 Å². The van der Waals surface area contributed by atoms with Gasteiger partial charge in [0.25, 0.3) is 5.91 Å². The molecule has 1 amide bonds. The summed E-state index contributed by atoms with van der Waals surface area (Å²) in [4.78, 5) is 43.8. The summed E-state index contributed by atoms with van der Waals surface area (Å²) < 4.78 is 43.8. The number of alkyl halides is 3. The molecule has 0 bridgehead atoms. The first-order valence-corrected chi connectivity index (χ1v) is 12.3.